The van der Waals surface area contributed by atoms with Crippen LogP contribution in [0.2, 0.25) is 0 Å². The molecule has 0 aliphatic heterocycles. The van der Waals surface area contributed by atoms with Gasteiger partial charge in [-0.15, -0.1) is 54.1 Å². The zero-order valence-electron chi connectivity index (χ0n) is 49.3. The van der Waals surface area contributed by atoms with E-state index in [9.17, 15) is 0 Å². The van der Waals surface area contributed by atoms with Gasteiger partial charge >= 0.3 is 0 Å². The molecular formula is C65H63IrN5O2-2. The van der Waals surface area contributed by atoms with Crippen molar-refractivity contribution in [1.29, 1.82) is 0 Å². The van der Waals surface area contributed by atoms with Gasteiger partial charge in [-0.3, -0.25) is 15.0 Å². The van der Waals surface area contributed by atoms with Gasteiger partial charge in [-0.1, -0.05) is 130 Å². The molecule has 0 spiro atoms. The number of rotatable bonds is 6. The number of nitrogens with zero attached hydrogens (tertiary/aromatic N) is 5. The van der Waals surface area contributed by atoms with E-state index in [0.717, 1.165) is 51.4 Å². The van der Waals surface area contributed by atoms with Crippen LogP contribution in [0.4, 0.5) is 0 Å². The number of benzene rings is 6. The third-order valence-corrected chi connectivity index (χ3v) is 14.4. The molecule has 73 heavy (non-hydrogen) atoms. The molecule has 0 amide bonds. The van der Waals surface area contributed by atoms with Crippen LogP contribution in [0.15, 0.2) is 130 Å². The second kappa shape index (κ2) is 18.3. The van der Waals surface area contributed by atoms with Crippen molar-refractivity contribution in [3.05, 3.63) is 173 Å². The third-order valence-electron chi connectivity index (χ3n) is 14.4. The molecule has 0 N–H and O–H groups in total. The zero-order chi connectivity index (χ0) is 55.6. The van der Waals surface area contributed by atoms with Crippen LogP contribution in [0, 0.1) is 25.8 Å². The molecule has 7 nitrogen and oxygen atoms in total. The van der Waals surface area contributed by atoms with Crippen LogP contribution < -0.4 is 0 Å². The van der Waals surface area contributed by atoms with Gasteiger partial charge in [-0.25, -0.2) is 4.98 Å². The molecule has 8 heteroatoms. The summed E-state index contributed by atoms with van der Waals surface area (Å²) in [6.45, 7) is 19.6. The maximum absolute atomic E-state index is 8.85. The van der Waals surface area contributed by atoms with Crippen LogP contribution in [0.3, 0.4) is 0 Å². The molecule has 1 aliphatic rings. The maximum atomic E-state index is 8.85. The second-order valence-electron chi connectivity index (χ2n) is 22.4. The Hall–Kier alpha value is -6.73. The first-order valence-electron chi connectivity index (χ1n) is 28.0. The molecular weight excluding hydrogens is 1070 g/mol. The predicted octanol–water partition coefficient (Wildman–Crippen LogP) is 17.4. The van der Waals surface area contributed by atoms with Gasteiger partial charge < -0.3 is 13.4 Å². The fraction of sp³-hybridized carbons (Fsp3) is 0.292. The van der Waals surface area contributed by atoms with Gasteiger partial charge in [-0.05, 0) is 118 Å². The topological polar surface area (TPSA) is 82.8 Å². The van der Waals surface area contributed by atoms with Crippen LogP contribution in [0.25, 0.3) is 94.8 Å². The minimum atomic E-state index is -2.69. The Morgan fingerprint density at radius 1 is 0.712 bits per heavy atom. The fourth-order valence-electron chi connectivity index (χ4n) is 11.3. The first kappa shape index (κ1) is 42.7. The summed E-state index contributed by atoms with van der Waals surface area (Å²) in [5.74, 6) is 1.63. The van der Waals surface area contributed by atoms with E-state index in [2.05, 4.69) is 151 Å². The van der Waals surface area contributed by atoms with E-state index < -0.39 is 13.7 Å². The Bertz CT molecular complexity index is 4110. The molecule has 6 aromatic carbocycles. The number of aryl methyl sites for hydroxylation is 2. The molecule has 0 atom stereocenters. The Balaban J connectivity index is 0.000000356. The number of pyridine rings is 1. The maximum Gasteiger partial charge on any atom is 0.228 e. The third kappa shape index (κ3) is 8.51. The minimum absolute atomic E-state index is 0. The van der Waals surface area contributed by atoms with Crippen molar-refractivity contribution in [2.24, 2.45) is 0 Å². The van der Waals surface area contributed by atoms with Crippen molar-refractivity contribution in [3.8, 4) is 39.6 Å². The summed E-state index contributed by atoms with van der Waals surface area (Å²) in [6, 6.07) is 44.1. The summed E-state index contributed by atoms with van der Waals surface area (Å²) in [6.07, 6.45) is 2.78. The molecule has 5 aromatic heterocycles. The van der Waals surface area contributed by atoms with Crippen LogP contribution in [-0.4, -0.2) is 24.5 Å². The molecule has 1 radical (unpaired) electrons. The Kier molecular flexibility index (Phi) is 10.7. The van der Waals surface area contributed by atoms with Gasteiger partial charge in [0.15, 0.2) is 0 Å². The Morgan fingerprint density at radius 2 is 1.47 bits per heavy atom. The molecule has 371 valence electrons. The van der Waals surface area contributed by atoms with Crippen LogP contribution in [0.5, 0.6) is 0 Å². The summed E-state index contributed by atoms with van der Waals surface area (Å²) in [4.78, 5) is 19.3. The molecule has 5 heterocycles. The van der Waals surface area contributed by atoms with E-state index in [1.54, 1.807) is 6.07 Å². The number of aromatic nitrogens is 5. The molecule has 12 rings (SSSR count). The largest absolute Gasteiger partial charge is 0.499 e. The summed E-state index contributed by atoms with van der Waals surface area (Å²) in [5, 5.41) is 1.14. The summed E-state index contributed by atoms with van der Waals surface area (Å²) >= 11 is 0. The van der Waals surface area contributed by atoms with Crippen LogP contribution in [0.1, 0.15) is 142 Å². The van der Waals surface area contributed by atoms with Crippen molar-refractivity contribution in [3.63, 3.8) is 0 Å². The summed E-state index contributed by atoms with van der Waals surface area (Å²) in [7, 11) is 0. The van der Waals surface area contributed by atoms with Gasteiger partial charge in [0, 0.05) is 62.3 Å². The monoisotopic (exact) mass is 1140 g/mol. The van der Waals surface area contributed by atoms with E-state index in [1.807, 2.05) is 54.7 Å². The molecule has 1 aliphatic carbocycles. The van der Waals surface area contributed by atoms with Crippen LogP contribution in [-0.2, 0) is 36.4 Å². The van der Waals surface area contributed by atoms with E-state index in [0.29, 0.717) is 38.8 Å². The first-order valence-corrected chi connectivity index (χ1v) is 25.0. The van der Waals surface area contributed by atoms with E-state index >= 15 is 0 Å². The molecule has 0 unspecified atom stereocenters. The number of imidazole rings is 1. The molecule has 0 bridgehead atoms. The van der Waals surface area contributed by atoms with Crippen LogP contribution >= 0.6 is 0 Å². The van der Waals surface area contributed by atoms with Crippen molar-refractivity contribution in [2.75, 3.05) is 0 Å². The minimum Gasteiger partial charge on any atom is -0.499 e. The van der Waals surface area contributed by atoms with Crippen molar-refractivity contribution in [2.45, 2.75) is 124 Å². The molecule has 11 aromatic rings. The predicted molar refractivity (Wildman–Crippen MR) is 296 cm³/mol. The summed E-state index contributed by atoms with van der Waals surface area (Å²) in [5.41, 5.74) is 13.7. The normalized spacial score (nSPS) is 15.7. The zero-order valence-corrected chi connectivity index (χ0v) is 45.7. The molecule has 0 fully saturated rings. The van der Waals surface area contributed by atoms with Gasteiger partial charge in [0.05, 0.1) is 33.7 Å². The standard InChI is InChI=1S/C51H48N3O2.C14H15N2.Ir/c1-27(2)35-24-32(31-15-12-11-13-16-31)25-36(28(3)4)44(35)54-45-39(21-20-38-42(45)51(9,10)26-50(38,7)8)52-48(54)34-18-14-17-33-43-46(56-47(33)34)30(6)41-37-23-29(5)19-22-40(37)55-49(41)53-43;1-14(2,3)12-9-10-15-13(16-12)11-7-5-4-6-8-11;/h11-17,19-25,27-28H,26H2,1-10H3;4-7,9-10H,1-3H3;/q2*-1;/i5D3,6D3;;. The number of hydrogen-bond acceptors (Lipinski definition) is 6. The van der Waals surface area contributed by atoms with E-state index in [-0.39, 0.29) is 76.0 Å². The average molecular weight is 1140 g/mol. The molecule has 0 saturated heterocycles. The van der Waals surface area contributed by atoms with Crippen molar-refractivity contribution >= 4 is 55.2 Å². The van der Waals surface area contributed by atoms with Gasteiger partial charge in [0.2, 0.25) is 5.71 Å². The second-order valence-corrected chi connectivity index (χ2v) is 22.4. The molecule has 0 saturated carbocycles. The first-order chi connectivity index (χ1) is 36.7. The van der Waals surface area contributed by atoms with Gasteiger partial charge in [0.25, 0.3) is 0 Å². The van der Waals surface area contributed by atoms with Gasteiger partial charge in [-0.2, -0.15) is 0 Å². The number of hydrogen-bond donors (Lipinski definition) is 0. The van der Waals surface area contributed by atoms with E-state index in [1.165, 1.54) is 34.4 Å². The number of fused-ring (bicyclic) bond motifs is 9. The number of furan rings is 2. The van der Waals surface area contributed by atoms with Crippen molar-refractivity contribution in [1.82, 2.24) is 24.5 Å². The quantitative estimate of drug-likeness (QED) is 0.154. The van der Waals surface area contributed by atoms with Crippen molar-refractivity contribution < 1.29 is 37.2 Å². The van der Waals surface area contributed by atoms with E-state index in [4.69, 9.17) is 27.0 Å². The Morgan fingerprint density at radius 3 is 2.15 bits per heavy atom. The average Bonchev–Trinajstić information content (AvgIpc) is 4.25. The SMILES string of the molecule is CC(C)(C)c1ccnc(-c2[c-]cccc2)n1.[2H]C([2H])([2H])c1ccc2oc3nc4c(oc5c(-c6nc7ccc8c(c7n6-c6c(C(C)C)cc(-c7ccccc7)cc6C(C)C)C(C)(C)CC8(C)C)[c-]ccc54)c(C([2H])([2H])[2H])c3c2c1.[Ir]. The summed E-state index contributed by atoms with van der Waals surface area (Å²) < 4.78 is 66.2. The smallest absolute Gasteiger partial charge is 0.228 e. The fourth-order valence-corrected chi connectivity index (χ4v) is 11.3. The Labute approximate surface area is 451 Å². The van der Waals surface area contributed by atoms with Gasteiger partial charge in [0.1, 0.15) is 16.7 Å².